The highest BCUT2D eigenvalue weighted by Gasteiger charge is 2.31. The molecule has 0 aliphatic carbocycles. The minimum atomic E-state index is -1.18. The fraction of sp³-hybridized carbons (Fsp3) is 0.700. The number of hydrogen-bond donors (Lipinski definition) is 4. The molecule has 5 N–H and O–H groups in total. The Balaban J connectivity index is 2.99. The molecule has 0 saturated heterocycles. The van der Waals surface area contributed by atoms with E-state index in [9.17, 15) is 24.3 Å². The van der Waals surface area contributed by atoms with E-state index in [4.69, 9.17) is 10.5 Å². The number of carbonyl (C=O) groups excluding carboxylic acids is 3. The van der Waals surface area contributed by atoms with Crippen molar-refractivity contribution >= 4 is 23.8 Å². The normalized spacial score (nSPS) is 15.7. The molecule has 226 valence electrons. The maximum atomic E-state index is 13.2. The molecule has 0 unspecified atom stereocenters. The Morgan fingerprint density at radius 2 is 1.57 bits per heavy atom. The van der Waals surface area contributed by atoms with Crippen molar-refractivity contribution in [1.82, 2.24) is 15.6 Å². The molecule has 0 aliphatic rings. The summed E-state index contributed by atoms with van der Waals surface area (Å²) in [5.41, 5.74) is 6.86. The van der Waals surface area contributed by atoms with Crippen LogP contribution >= 0.6 is 0 Å². The van der Waals surface area contributed by atoms with E-state index in [1.165, 1.54) is 26.2 Å². The van der Waals surface area contributed by atoms with Crippen LogP contribution in [0, 0.1) is 11.8 Å². The van der Waals surface area contributed by atoms with E-state index in [2.05, 4.69) is 22.5 Å². The van der Waals surface area contributed by atoms with Gasteiger partial charge >= 0.3 is 11.9 Å². The fourth-order valence-corrected chi connectivity index (χ4v) is 4.28. The van der Waals surface area contributed by atoms with Crippen molar-refractivity contribution in [3.8, 4) is 0 Å². The smallest absolute Gasteiger partial charge is 0.325 e. The number of carboxylic acids is 1. The number of unbranched alkanes of at least 4 members (excludes halogenated alkanes) is 5. The van der Waals surface area contributed by atoms with Crippen LogP contribution in [0.4, 0.5) is 0 Å². The first-order chi connectivity index (χ1) is 19.0. The quantitative estimate of drug-likeness (QED) is 0.138. The third-order valence-corrected chi connectivity index (χ3v) is 7.40. The molecule has 0 aliphatic heterocycles. The number of aliphatic carboxylic acids is 1. The van der Waals surface area contributed by atoms with Gasteiger partial charge < -0.3 is 26.2 Å². The molecule has 10 nitrogen and oxygen atoms in total. The maximum Gasteiger partial charge on any atom is 0.325 e. The summed E-state index contributed by atoms with van der Waals surface area (Å²) in [5.74, 6) is -2.97. The van der Waals surface area contributed by atoms with E-state index in [0.717, 1.165) is 37.7 Å². The Hall–Kier alpha value is -3.01. The summed E-state index contributed by atoms with van der Waals surface area (Å²) in [6.45, 7) is 9.32. The molecule has 0 bridgehead atoms. The largest absolute Gasteiger partial charge is 0.480 e. The Morgan fingerprint density at radius 3 is 2.17 bits per heavy atom. The Bertz CT molecular complexity index is 913. The number of carbonyl (C=O) groups is 4. The van der Waals surface area contributed by atoms with Gasteiger partial charge in [-0.25, -0.2) is 0 Å². The number of aromatic nitrogens is 1. The van der Waals surface area contributed by atoms with Crippen LogP contribution in [-0.2, 0) is 30.3 Å². The van der Waals surface area contributed by atoms with E-state index in [1.807, 2.05) is 20.8 Å². The first-order valence-electron chi connectivity index (χ1n) is 14.7. The third kappa shape index (κ3) is 13.4. The van der Waals surface area contributed by atoms with Gasteiger partial charge in [0.2, 0.25) is 11.8 Å². The van der Waals surface area contributed by atoms with Gasteiger partial charge in [-0.15, -0.1) is 0 Å². The zero-order chi connectivity index (χ0) is 30.1. The lowest BCUT2D eigenvalue weighted by molar-refractivity contribution is -0.156. The van der Waals surface area contributed by atoms with Crippen LogP contribution in [0.1, 0.15) is 98.0 Å². The van der Waals surface area contributed by atoms with Crippen LogP contribution in [0.25, 0.3) is 0 Å². The lowest BCUT2D eigenvalue weighted by atomic mass is 9.93. The monoisotopic (exact) mass is 562 g/mol. The predicted molar refractivity (Wildman–Crippen MR) is 154 cm³/mol. The highest BCUT2D eigenvalue weighted by atomic mass is 16.5. The molecule has 1 heterocycles. The molecular formula is C30H50N4O6. The van der Waals surface area contributed by atoms with Crippen molar-refractivity contribution in [2.24, 2.45) is 17.6 Å². The summed E-state index contributed by atoms with van der Waals surface area (Å²) < 4.78 is 5.81. The van der Waals surface area contributed by atoms with Crippen molar-refractivity contribution < 1.29 is 29.0 Å². The summed E-state index contributed by atoms with van der Waals surface area (Å²) in [6, 6.07) is 0.494. The lowest BCUT2D eigenvalue weighted by Crippen LogP contribution is -2.52. The molecule has 0 aromatic carbocycles. The third-order valence-electron chi connectivity index (χ3n) is 7.40. The molecule has 1 rings (SSSR count). The molecule has 0 saturated carbocycles. The van der Waals surface area contributed by atoms with Crippen molar-refractivity contribution in [3.63, 3.8) is 0 Å². The predicted octanol–water partition coefficient (Wildman–Crippen LogP) is 3.76. The van der Waals surface area contributed by atoms with Gasteiger partial charge in [-0.3, -0.25) is 24.2 Å². The maximum absolute atomic E-state index is 13.2. The van der Waals surface area contributed by atoms with Gasteiger partial charge in [0.05, 0.1) is 6.42 Å². The zero-order valence-corrected chi connectivity index (χ0v) is 24.9. The molecule has 1 aromatic rings. The highest BCUT2D eigenvalue weighted by molar-refractivity contribution is 5.90. The van der Waals surface area contributed by atoms with Gasteiger partial charge in [0.25, 0.3) is 0 Å². The number of pyridine rings is 1. The number of ether oxygens (including phenoxy) is 1. The molecule has 0 radical (unpaired) electrons. The first kappa shape index (κ1) is 35.0. The number of rotatable bonds is 20. The van der Waals surface area contributed by atoms with E-state index in [-0.39, 0.29) is 24.7 Å². The Kier molecular flexibility index (Phi) is 16.7. The minimum absolute atomic E-state index is 0.0690. The van der Waals surface area contributed by atoms with E-state index < -0.39 is 48.0 Å². The first-order valence-corrected chi connectivity index (χ1v) is 14.7. The van der Waals surface area contributed by atoms with Crippen LogP contribution in [0.3, 0.4) is 0 Å². The second-order valence-electron chi connectivity index (χ2n) is 10.9. The van der Waals surface area contributed by atoms with E-state index in [0.29, 0.717) is 0 Å². The molecule has 2 amide bonds. The van der Waals surface area contributed by atoms with Crippen LogP contribution in [-0.4, -0.2) is 58.1 Å². The number of esters is 1. The Labute approximate surface area is 239 Å². The molecule has 1 aromatic heterocycles. The number of nitrogens with one attached hydrogen (secondary N) is 2. The van der Waals surface area contributed by atoms with E-state index >= 15 is 0 Å². The molecule has 0 spiro atoms. The average molecular weight is 563 g/mol. The van der Waals surface area contributed by atoms with Gasteiger partial charge in [0.15, 0.2) is 0 Å². The Morgan fingerprint density at radius 1 is 0.950 bits per heavy atom. The van der Waals surface area contributed by atoms with Crippen LogP contribution in [0.2, 0.25) is 0 Å². The summed E-state index contributed by atoms with van der Waals surface area (Å²) in [7, 11) is 0. The van der Waals surface area contributed by atoms with Crippen LogP contribution in [0.15, 0.2) is 24.5 Å². The average Bonchev–Trinajstić information content (AvgIpc) is 2.93. The number of nitrogens with zero attached hydrogens (tertiary/aromatic N) is 1. The number of amides is 2. The SMILES string of the molecule is CCCCCCCC[C@H](C)[C@H](CC(=O)N[C@@H](Cc1ccncc1)C(=O)N[C@@H](C)C(=O)O)OC(=O)[C@H](N)[C@@H](C)CC. The zero-order valence-electron chi connectivity index (χ0n) is 24.9. The van der Waals surface area contributed by atoms with Crippen molar-refractivity contribution in [3.05, 3.63) is 30.1 Å². The summed E-state index contributed by atoms with van der Waals surface area (Å²) >= 11 is 0. The minimum Gasteiger partial charge on any atom is -0.480 e. The second kappa shape index (κ2) is 19.1. The molecule has 0 fully saturated rings. The summed E-state index contributed by atoms with van der Waals surface area (Å²) in [4.78, 5) is 54.3. The van der Waals surface area contributed by atoms with Gasteiger partial charge in [-0.2, -0.15) is 0 Å². The molecule has 40 heavy (non-hydrogen) atoms. The van der Waals surface area contributed by atoms with Crippen molar-refractivity contribution in [2.75, 3.05) is 0 Å². The number of carboxylic acid groups (broad SMARTS) is 1. The van der Waals surface area contributed by atoms with Gasteiger partial charge in [0, 0.05) is 18.8 Å². The second-order valence-corrected chi connectivity index (χ2v) is 10.9. The topological polar surface area (TPSA) is 161 Å². The van der Waals surface area contributed by atoms with E-state index in [1.54, 1.807) is 24.5 Å². The number of hydrogen-bond acceptors (Lipinski definition) is 7. The lowest BCUT2D eigenvalue weighted by Gasteiger charge is -2.27. The van der Waals surface area contributed by atoms with Crippen LogP contribution in [0.5, 0.6) is 0 Å². The fourth-order valence-electron chi connectivity index (χ4n) is 4.28. The molecular weight excluding hydrogens is 512 g/mol. The van der Waals surface area contributed by atoms with Gasteiger partial charge in [-0.05, 0) is 42.9 Å². The summed E-state index contributed by atoms with van der Waals surface area (Å²) in [6.07, 6.45) is 10.7. The van der Waals surface area contributed by atoms with Gasteiger partial charge in [0.1, 0.15) is 24.2 Å². The highest BCUT2D eigenvalue weighted by Crippen LogP contribution is 2.21. The standard InChI is InChI=1S/C30H50N4O6/c1-6-8-9-10-11-12-13-21(4)25(40-30(39)27(31)20(3)7-2)19-26(35)34-24(18-23-14-16-32-17-15-23)28(36)33-22(5)29(37)38/h14-17,20-22,24-25,27H,6-13,18-19,31H2,1-5H3,(H,33,36)(H,34,35)(H,37,38)/t20-,21-,22-,24-,25-,27+/m0/s1. The molecule has 10 heteroatoms. The number of nitrogens with two attached hydrogens (primary N) is 1. The van der Waals surface area contributed by atoms with Crippen LogP contribution < -0.4 is 16.4 Å². The summed E-state index contributed by atoms with van der Waals surface area (Å²) in [5, 5.41) is 14.4. The van der Waals surface area contributed by atoms with Gasteiger partial charge in [-0.1, -0.05) is 72.6 Å². The van der Waals surface area contributed by atoms with Crippen molar-refractivity contribution in [1.29, 1.82) is 0 Å². The molecule has 6 atom stereocenters. The van der Waals surface area contributed by atoms with Crippen molar-refractivity contribution in [2.45, 2.75) is 123 Å².